The average Bonchev–Trinajstić information content (AvgIpc) is 2.54. The maximum atomic E-state index is 12.4. The van der Waals surface area contributed by atoms with Gasteiger partial charge in [0.1, 0.15) is 0 Å². The van der Waals surface area contributed by atoms with Gasteiger partial charge < -0.3 is 20.5 Å². The lowest BCUT2D eigenvalue weighted by molar-refractivity contribution is -0.118. The second-order valence-corrected chi connectivity index (χ2v) is 5.54. The fourth-order valence-corrected chi connectivity index (χ4v) is 2.80. The number of aryl methyl sites for hydroxylation is 1. The van der Waals surface area contributed by atoms with Crippen LogP contribution in [-0.4, -0.2) is 36.7 Å². The Morgan fingerprint density at radius 3 is 2.73 bits per heavy atom. The Hall–Kier alpha value is -2.34. The van der Waals surface area contributed by atoms with Crippen LogP contribution in [0.5, 0.6) is 0 Å². The van der Waals surface area contributed by atoms with E-state index in [0.717, 1.165) is 37.3 Å². The number of rotatable bonds is 4. The van der Waals surface area contributed by atoms with E-state index in [4.69, 9.17) is 5.73 Å². The van der Waals surface area contributed by atoms with Crippen molar-refractivity contribution in [1.82, 2.24) is 9.88 Å². The van der Waals surface area contributed by atoms with Crippen LogP contribution < -0.4 is 21.5 Å². The maximum absolute atomic E-state index is 12.4. The summed E-state index contributed by atoms with van der Waals surface area (Å²) in [4.78, 5) is 25.6. The minimum absolute atomic E-state index is 0.0781. The molecule has 1 fully saturated rings. The van der Waals surface area contributed by atoms with Gasteiger partial charge in [-0.3, -0.25) is 9.59 Å². The molecule has 0 radical (unpaired) electrons. The second-order valence-electron chi connectivity index (χ2n) is 5.54. The lowest BCUT2D eigenvalue weighted by Gasteiger charge is -2.29. The van der Waals surface area contributed by atoms with Gasteiger partial charge in [0.05, 0.1) is 0 Å². The molecule has 1 aromatic carbocycles. The van der Waals surface area contributed by atoms with Crippen molar-refractivity contribution in [3.8, 4) is 0 Å². The van der Waals surface area contributed by atoms with Crippen molar-refractivity contribution in [2.75, 3.05) is 31.1 Å². The van der Waals surface area contributed by atoms with Crippen molar-refractivity contribution in [1.29, 1.82) is 0 Å². The Balaban J connectivity index is 1.91. The SMILES string of the molecule is NC(=O)CCn1ccc2cc(N3CCNCC3)ccc2c1=O. The quantitative estimate of drug-likeness (QED) is 0.850. The minimum Gasteiger partial charge on any atom is -0.370 e. The number of fused-ring (bicyclic) bond motifs is 1. The van der Waals surface area contributed by atoms with E-state index in [1.165, 1.54) is 4.57 Å². The van der Waals surface area contributed by atoms with Crippen LogP contribution in [0.25, 0.3) is 10.8 Å². The number of nitrogens with two attached hydrogens (primary N) is 1. The average molecular weight is 300 g/mol. The topological polar surface area (TPSA) is 80.4 Å². The van der Waals surface area contributed by atoms with E-state index < -0.39 is 5.91 Å². The highest BCUT2D eigenvalue weighted by molar-refractivity contribution is 5.85. The molecule has 6 nitrogen and oxygen atoms in total. The predicted octanol–water partition coefficient (Wildman–Crippen LogP) is 0.286. The Labute approximate surface area is 128 Å². The molecule has 116 valence electrons. The molecular weight excluding hydrogens is 280 g/mol. The zero-order chi connectivity index (χ0) is 15.5. The van der Waals surface area contributed by atoms with Gasteiger partial charge in [-0.2, -0.15) is 0 Å². The second kappa shape index (κ2) is 6.19. The molecule has 0 saturated carbocycles. The van der Waals surface area contributed by atoms with Gasteiger partial charge in [0.25, 0.3) is 5.56 Å². The number of carbonyl (C=O) groups excluding carboxylic acids is 1. The van der Waals surface area contributed by atoms with E-state index in [1.54, 1.807) is 6.20 Å². The number of piperazine rings is 1. The van der Waals surface area contributed by atoms with Crippen LogP contribution >= 0.6 is 0 Å². The molecule has 1 saturated heterocycles. The lowest BCUT2D eigenvalue weighted by atomic mass is 10.1. The molecule has 0 bridgehead atoms. The third kappa shape index (κ3) is 2.96. The van der Waals surface area contributed by atoms with Gasteiger partial charge in [0.2, 0.25) is 5.91 Å². The van der Waals surface area contributed by atoms with E-state index >= 15 is 0 Å². The number of nitrogens with one attached hydrogen (secondary N) is 1. The number of aromatic nitrogens is 1. The van der Waals surface area contributed by atoms with Crippen LogP contribution in [0.15, 0.2) is 35.3 Å². The Morgan fingerprint density at radius 2 is 2.00 bits per heavy atom. The third-order valence-electron chi connectivity index (χ3n) is 4.04. The summed E-state index contributed by atoms with van der Waals surface area (Å²) >= 11 is 0. The van der Waals surface area contributed by atoms with Crippen LogP contribution in [0.3, 0.4) is 0 Å². The van der Waals surface area contributed by atoms with E-state index in [1.807, 2.05) is 18.2 Å². The molecule has 0 spiro atoms. The highest BCUT2D eigenvalue weighted by atomic mass is 16.1. The molecule has 2 aromatic rings. The summed E-state index contributed by atoms with van der Waals surface area (Å²) in [5, 5.41) is 4.93. The van der Waals surface area contributed by atoms with Crippen LogP contribution in [0.2, 0.25) is 0 Å². The summed E-state index contributed by atoms with van der Waals surface area (Å²) in [5.74, 6) is -0.402. The number of carbonyl (C=O) groups is 1. The molecule has 1 aliphatic rings. The van der Waals surface area contributed by atoms with Crippen molar-refractivity contribution >= 4 is 22.4 Å². The summed E-state index contributed by atoms with van der Waals surface area (Å²) in [6.07, 6.45) is 1.90. The molecular formula is C16H20N4O2. The Morgan fingerprint density at radius 1 is 1.23 bits per heavy atom. The van der Waals surface area contributed by atoms with E-state index in [2.05, 4.69) is 16.3 Å². The zero-order valence-electron chi connectivity index (χ0n) is 12.4. The van der Waals surface area contributed by atoms with Gasteiger partial charge in [-0.25, -0.2) is 0 Å². The summed E-state index contributed by atoms with van der Waals surface area (Å²) in [6.45, 7) is 4.23. The van der Waals surface area contributed by atoms with Crippen molar-refractivity contribution < 1.29 is 4.79 Å². The normalized spacial score (nSPS) is 15.2. The van der Waals surface area contributed by atoms with Crippen molar-refractivity contribution in [3.05, 3.63) is 40.8 Å². The number of anilines is 1. The molecule has 1 aliphatic heterocycles. The molecule has 0 aliphatic carbocycles. The van der Waals surface area contributed by atoms with Crippen LogP contribution in [0, 0.1) is 0 Å². The fourth-order valence-electron chi connectivity index (χ4n) is 2.80. The lowest BCUT2D eigenvalue weighted by Crippen LogP contribution is -2.43. The molecule has 22 heavy (non-hydrogen) atoms. The van der Waals surface area contributed by atoms with Gasteiger partial charge in [-0.1, -0.05) is 0 Å². The van der Waals surface area contributed by atoms with E-state index in [9.17, 15) is 9.59 Å². The first-order chi connectivity index (χ1) is 10.6. The van der Waals surface area contributed by atoms with Gasteiger partial charge >= 0.3 is 0 Å². The van der Waals surface area contributed by atoms with Gasteiger partial charge in [-0.05, 0) is 29.7 Å². The van der Waals surface area contributed by atoms with E-state index in [0.29, 0.717) is 11.9 Å². The summed E-state index contributed by atoms with van der Waals surface area (Å²) < 4.78 is 1.54. The molecule has 6 heteroatoms. The number of nitrogens with zero attached hydrogens (tertiary/aromatic N) is 2. The zero-order valence-corrected chi connectivity index (χ0v) is 12.4. The molecule has 0 atom stereocenters. The van der Waals surface area contributed by atoms with Gasteiger partial charge in [0.15, 0.2) is 0 Å². The maximum Gasteiger partial charge on any atom is 0.258 e. The highest BCUT2D eigenvalue weighted by Gasteiger charge is 2.12. The number of benzene rings is 1. The van der Waals surface area contributed by atoms with Crippen molar-refractivity contribution in [2.24, 2.45) is 5.73 Å². The van der Waals surface area contributed by atoms with Crippen molar-refractivity contribution in [3.63, 3.8) is 0 Å². The first-order valence-electron chi connectivity index (χ1n) is 7.52. The van der Waals surface area contributed by atoms with Gasteiger partial charge in [-0.15, -0.1) is 0 Å². The standard InChI is InChI=1S/C16H20N4O2/c17-15(21)4-8-20-7-3-12-11-13(1-2-14(12)16(20)22)19-9-5-18-6-10-19/h1-3,7,11,18H,4-6,8-10H2,(H2,17,21). The number of pyridine rings is 1. The number of hydrogen-bond acceptors (Lipinski definition) is 4. The highest BCUT2D eigenvalue weighted by Crippen LogP contribution is 2.20. The largest absolute Gasteiger partial charge is 0.370 e. The molecule has 3 N–H and O–H groups in total. The number of amides is 1. The van der Waals surface area contributed by atoms with Gasteiger partial charge in [0, 0.05) is 56.4 Å². The molecule has 0 unspecified atom stereocenters. The summed E-state index contributed by atoms with van der Waals surface area (Å²) in [6, 6.07) is 7.84. The predicted molar refractivity (Wildman–Crippen MR) is 87.1 cm³/mol. The van der Waals surface area contributed by atoms with Crippen LogP contribution in [0.1, 0.15) is 6.42 Å². The van der Waals surface area contributed by atoms with Crippen molar-refractivity contribution in [2.45, 2.75) is 13.0 Å². The first-order valence-corrected chi connectivity index (χ1v) is 7.52. The van der Waals surface area contributed by atoms with E-state index in [-0.39, 0.29) is 12.0 Å². The van der Waals surface area contributed by atoms with Crippen LogP contribution in [0.4, 0.5) is 5.69 Å². The Kier molecular flexibility index (Phi) is 4.11. The smallest absolute Gasteiger partial charge is 0.258 e. The monoisotopic (exact) mass is 300 g/mol. The minimum atomic E-state index is -0.402. The summed E-state index contributed by atoms with van der Waals surface area (Å²) in [7, 11) is 0. The number of primary amides is 1. The fraction of sp³-hybridized carbons (Fsp3) is 0.375. The van der Waals surface area contributed by atoms with Crippen LogP contribution in [-0.2, 0) is 11.3 Å². The number of hydrogen-bond donors (Lipinski definition) is 2. The molecule has 1 aromatic heterocycles. The Bertz CT molecular complexity index is 747. The third-order valence-corrected chi connectivity index (χ3v) is 4.04. The summed E-state index contributed by atoms with van der Waals surface area (Å²) in [5.41, 5.74) is 6.20. The first kappa shape index (κ1) is 14.6. The molecule has 3 rings (SSSR count). The molecule has 1 amide bonds. The molecule has 2 heterocycles.